The molecule has 0 aliphatic carbocycles. The molecule has 0 unspecified atom stereocenters. The maximum absolute atomic E-state index is 12.5. The zero-order chi connectivity index (χ0) is 17.3. The van der Waals surface area contributed by atoms with Gasteiger partial charge >= 0.3 is 0 Å². The number of aliphatic hydroxyl groups is 1. The van der Waals surface area contributed by atoms with Crippen molar-refractivity contribution in [1.29, 1.82) is 0 Å². The lowest BCUT2D eigenvalue weighted by Crippen LogP contribution is -2.45. The van der Waals surface area contributed by atoms with E-state index in [2.05, 4.69) is 42.0 Å². The Morgan fingerprint density at radius 2 is 1.86 bits per heavy atom. The minimum atomic E-state index is -0.434. The normalized spacial score (nSPS) is 12.4. The predicted molar refractivity (Wildman–Crippen MR) is 92.4 cm³/mol. The van der Waals surface area contributed by atoms with Crippen LogP contribution in [0.1, 0.15) is 57.0 Å². The van der Waals surface area contributed by atoms with Crippen LogP contribution in [0.25, 0.3) is 0 Å². The Hall–Kier alpha value is -0.780. The van der Waals surface area contributed by atoms with Gasteiger partial charge in [-0.05, 0) is 31.7 Å². The van der Waals surface area contributed by atoms with Gasteiger partial charge in [-0.15, -0.1) is 0 Å². The van der Waals surface area contributed by atoms with E-state index in [4.69, 9.17) is 11.6 Å². The maximum Gasteiger partial charge on any atom is 0.255 e. The third kappa shape index (κ3) is 4.86. The van der Waals surface area contributed by atoms with Crippen molar-refractivity contribution in [3.05, 3.63) is 26.7 Å². The van der Waals surface area contributed by atoms with E-state index in [0.717, 1.165) is 6.42 Å². The first-order valence-corrected chi connectivity index (χ1v) is 8.18. The van der Waals surface area contributed by atoms with Crippen molar-refractivity contribution in [2.75, 3.05) is 0 Å². The van der Waals surface area contributed by atoms with Crippen LogP contribution in [0.5, 0.6) is 5.75 Å². The molecular weight excluding hydrogens is 370 g/mol. The molecule has 124 valence electrons. The van der Waals surface area contributed by atoms with E-state index in [0.29, 0.717) is 10.0 Å². The minimum Gasteiger partial charge on any atom is -0.506 e. The fourth-order valence-electron chi connectivity index (χ4n) is 2.71. The monoisotopic (exact) mass is 391 g/mol. The maximum atomic E-state index is 12.5. The SMILES string of the molecule is CC(C)(C)CC(C)(C)NC(=O)c1cc(Br)c(CO)c(Cl)c1O. The first kappa shape index (κ1) is 19.3. The van der Waals surface area contributed by atoms with E-state index in [1.54, 1.807) is 0 Å². The van der Waals surface area contributed by atoms with Gasteiger partial charge in [-0.1, -0.05) is 48.3 Å². The molecule has 1 aromatic rings. The molecule has 0 bridgehead atoms. The molecule has 1 rings (SSSR count). The Balaban J connectivity index is 3.10. The molecule has 4 nitrogen and oxygen atoms in total. The number of rotatable bonds is 4. The molecule has 1 amide bonds. The molecule has 0 saturated heterocycles. The van der Waals surface area contributed by atoms with Crippen molar-refractivity contribution in [2.45, 2.75) is 53.2 Å². The van der Waals surface area contributed by atoms with Crippen LogP contribution < -0.4 is 5.32 Å². The number of phenols is 1. The highest BCUT2D eigenvalue weighted by Gasteiger charge is 2.29. The largest absolute Gasteiger partial charge is 0.506 e. The molecule has 0 spiro atoms. The van der Waals surface area contributed by atoms with E-state index in [-0.39, 0.29) is 28.4 Å². The Kier molecular flexibility index (Phi) is 5.93. The number of amides is 1. The Labute approximate surface area is 145 Å². The van der Waals surface area contributed by atoms with Gasteiger partial charge in [0.25, 0.3) is 5.91 Å². The van der Waals surface area contributed by atoms with Crippen molar-refractivity contribution in [3.8, 4) is 5.75 Å². The molecule has 0 radical (unpaired) electrons. The molecule has 0 fully saturated rings. The summed E-state index contributed by atoms with van der Waals surface area (Å²) in [6, 6.07) is 1.47. The first-order chi connectivity index (χ1) is 9.88. The van der Waals surface area contributed by atoms with Gasteiger partial charge in [0.2, 0.25) is 0 Å². The number of aliphatic hydroxyl groups excluding tert-OH is 1. The summed E-state index contributed by atoms with van der Waals surface area (Å²) in [6.45, 7) is 9.84. The summed E-state index contributed by atoms with van der Waals surface area (Å²) in [5.41, 5.74) is 0.0504. The third-order valence-electron chi connectivity index (χ3n) is 3.11. The fraction of sp³-hybridized carbons (Fsp3) is 0.562. The number of carbonyl (C=O) groups is 1. The summed E-state index contributed by atoms with van der Waals surface area (Å²) in [6.07, 6.45) is 0.774. The highest BCUT2D eigenvalue weighted by molar-refractivity contribution is 9.10. The van der Waals surface area contributed by atoms with Crippen LogP contribution in [0.15, 0.2) is 10.5 Å². The topological polar surface area (TPSA) is 69.6 Å². The fourth-order valence-corrected chi connectivity index (χ4v) is 3.64. The van der Waals surface area contributed by atoms with Crippen molar-refractivity contribution in [1.82, 2.24) is 5.32 Å². The Bertz CT molecular complexity index is 580. The minimum absolute atomic E-state index is 0.0179. The summed E-state index contributed by atoms with van der Waals surface area (Å²) >= 11 is 9.26. The van der Waals surface area contributed by atoms with Crippen LogP contribution in [-0.2, 0) is 6.61 Å². The zero-order valence-electron chi connectivity index (χ0n) is 13.6. The Morgan fingerprint density at radius 3 is 2.32 bits per heavy atom. The number of carbonyl (C=O) groups excluding carboxylic acids is 1. The molecule has 3 N–H and O–H groups in total. The number of hydrogen-bond acceptors (Lipinski definition) is 3. The third-order valence-corrected chi connectivity index (χ3v) is 4.23. The van der Waals surface area contributed by atoms with Gasteiger partial charge in [-0.2, -0.15) is 0 Å². The van der Waals surface area contributed by atoms with Crippen LogP contribution in [0.2, 0.25) is 5.02 Å². The van der Waals surface area contributed by atoms with Gasteiger partial charge in [0, 0.05) is 15.6 Å². The van der Waals surface area contributed by atoms with Crippen LogP contribution in [-0.4, -0.2) is 21.7 Å². The van der Waals surface area contributed by atoms with Crippen LogP contribution in [0.3, 0.4) is 0 Å². The van der Waals surface area contributed by atoms with E-state index < -0.39 is 11.4 Å². The summed E-state index contributed by atoms with van der Waals surface area (Å²) < 4.78 is 0.483. The molecule has 0 saturated carbocycles. The van der Waals surface area contributed by atoms with Gasteiger partial charge in [0.15, 0.2) is 0 Å². The second-order valence-electron chi connectivity index (χ2n) is 7.28. The second kappa shape index (κ2) is 6.77. The van der Waals surface area contributed by atoms with E-state index >= 15 is 0 Å². The standard InChI is InChI=1S/C16H23BrClNO3/c1-15(2,3)8-16(4,5)19-14(22)9-6-11(17)10(7-20)12(18)13(9)21/h6,20-21H,7-8H2,1-5H3,(H,19,22). The highest BCUT2D eigenvalue weighted by Crippen LogP contribution is 2.37. The van der Waals surface area contributed by atoms with Crippen molar-refractivity contribution in [3.63, 3.8) is 0 Å². The summed E-state index contributed by atoms with van der Waals surface area (Å²) in [5.74, 6) is -0.725. The first-order valence-electron chi connectivity index (χ1n) is 7.01. The molecule has 0 aliphatic heterocycles. The summed E-state index contributed by atoms with van der Waals surface area (Å²) in [4.78, 5) is 12.5. The van der Waals surface area contributed by atoms with E-state index in [1.165, 1.54) is 6.07 Å². The molecule has 0 heterocycles. The average Bonchev–Trinajstić information content (AvgIpc) is 2.30. The molecule has 0 aliphatic rings. The van der Waals surface area contributed by atoms with Crippen LogP contribution in [0, 0.1) is 5.41 Å². The molecule has 0 atom stereocenters. The highest BCUT2D eigenvalue weighted by atomic mass is 79.9. The van der Waals surface area contributed by atoms with E-state index in [9.17, 15) is 15.0 Å². The number of benzene rings is 1. The number of halogens is 2. The second-order valence-corrected chi connectivity index (χ2v) is 8.51. The molecule has 22 heavy (non-hydrogen) atoms. The lowest BCUT2D eigenvalue weighted by Gasteiger charge is -2.33. The van der Waals surface area contributed by atoms with Gasteiger partial charge in [-0.25, -0.2) is 0 Å². The van der Waals surface area contributed by atoms with Gasteiger partial charge < -0.3 is 15.5 Å². The van der Waals surface area contributed by atoms with Crippen molar-refractivity contribution in [2.24, 2.45) is 5.41 Å². The lowest BCUT2D eigenvalue weighted by atomic mass is 9.81. The molecule has 6 heteroatoms. The molecular formula is C16H23BrClNO3. The Morgan fingerprint density at radius 1 is 1.32 bits per heavy atom. The lowest BCUT2D eigenvalue weighted by molar-refractivity contribution is 0.0888. The summed E-state index contributed by atoms with van der Waals surface area (Å²) in [7, 11) is 0. The van der Waals surface area contributed by atoms with Crippen LogP contribution in [0.4, 0.5) is 0 Å². The van der Waals surface area contributed by atoms with Gasteiger partial charge in [0.1, 0.15) is 5.75 Å². The quantitative estimate of drug-likeness (QED) is 0.717. The van der Waals surface area contributed by atoms with Crippen molar-refractivity contribution >= 4 is 33.4 Å². The number of aromatic hydroxyl groups is 1. The van der Waals surface area contributed by atoms with Crippen molar-refractivity contribution < 1.29 is 15.0 Å². The molecule has 1 aromatic carbocycles. The smallest absolute Gasteiger partial charge is 0.255 e. The molecule has 0 aromatic heterocycles. The predicted octanol–water partition coefficient (Wildman–Crippen LogP) is 4.25. The zero-order valence-corrected chi connectivity index (χ0v) is 15.9. The summed E-state index contributed by atoms with van der Waals surface area (Å²) in [5, 5.41) is 22.3. The van der Waals surface area contributed by atoms with E-state index in [1.807, 2.05) is 13.8 Å². The average molecular weight is 393 g/mol. The number of phenolic OH excluding ortho intramolecular Hbond substituents is 1. The van der Waals surface area contributed by atoms with Gasteiger partial charge in [-0.3, -0.25) is 4.79 Å². The van der Waals surface area contributed by atoms with Gasteiger partial charge in [0.05, 0.1) is 17.2 Å². The number of nitrogens with one attached hydrogen (secondary N) is 1. The number of hydrogen-bond donors (Lipinski definition) is 3. The van der Waals surface area contributed by atoms with Crippen LogP contribution >= 0.6 is 27.5 Å².